The first-order chi connectivity index (χ1) is 13.5. The van der Waals surface area contributed by atoms with Gasteiger partial charge in [-0.1, -0.05) is 44.2 Å². The topological polar surface area (TPSA) is 86.9 Å². The predicted molar refractivity (Wildman–Crippen MR) is 110 cm³/mol. The average Bonchev–Trinajstić information content (AvgIpc) is 3.13. The van der Waals surface area contributed by atoms with Crippen molar-refractivity contribution >= 4 is 22.8 Å². The highest BCUT2D eigenvalue weighted by Gasteiger charge is 2.21. The number of rotatable bonds is 8. The highest BCUT2D eigenvalue weighted by atomic mass is 16.2. The fourth-order valence-corrected chi connectivity index (χ4v) is 3.06. The zero-order chi connectivity index (χ0) is 19.9. The van der Waals surface area contributed by atoms with Crippen molar-refractivity contribution in [2.75, 3.05) is 6.54 Å². The largest absolute Gasteiger partial charge is 0.352 e. The molecule has 0 unspecified atom stereocenters. The van der Waals surface area contributed by atoms with Gasteiger partial charge in [-0.3, -0.25) is 9.59 Å². The summed E-state index contributed by atoms with van der Waals surface area (Å²) in [6.07, 6.45) is 0.924. The maximum Gasteiger partial charge on any atom is 0.251 e. The van der Waals surface area contributed by atoms with Gasteiger partial charge >= 0.3 is 0 Å². The second-order valence-electron chi connectivity index (χ2n) is 7.15. The maximum atomic E-state index is 12.4. The Balaban J connectivity index is 1.50. The van der Waals surface area contributed by atoms with Gasteiger partial charge in [0, 0.05) is 18.5 Å². The summed E-state index contributed by atoms with van der Waals surface area (Å²) in [4.78, 5) is 32.3. The van der Waals surface area contributed by atoms with Crippen LogP contribution >= 0.6 is 0 Å². The summed E-state index contributed by atoms with van der Waals surface area (Å²) in [5, 5.41) is 5.91. The van der Waals surface area contributed by atoms with Gasteiger partial charge in [-0.15, -0.1) is 0 Å². The van der Waals surface area contributed by atoms with Gasteiger partial charge in [0.2, 0.25) is 5.91 Å². The number of aromatic amines is 1. The summed E-state index contributed by atoms with van der Waals surface area (Å²) in [5.74, 6) is 0.792. The summed E-state index contributed by atoms with van der Waals surface area (Å²) in [6.45, 7) is 4.56. The van der Waals surface area contributed by atoms with Crippen LogP contribution in [-0.4, -0.2) is 28.3 Å². The van der Waals surface area contributed by atoms with Crippen LogP contribution in [0, 0.1) is 5.92 Å². The summed E-state index contributed by atoms with van der Waals surface area (Å²) >= 11 is 0. The molecule has 0 aliphatic carbocycles. The van der Waals surface area contributed by atoms with Crippen LogP contribution in [0.4, 0.5) is 0 Å². The van der Waals surface area contributed by atoms with Crippen molar-refractivity contribution in [2.24, 2.45) is 5.92 Å². The lowest BCUT2D eigenvalue weighted by Crippen LogP contribution is -2.33. The molecule has 0 aliphatic rings. The molecule has 2 aromatic carbocycles. The summed E-state index contributed by atoms with van der Waals surface area (Å²) < 4.78 is 0. The van der Waals surface area contributed by atoms with E-state index in [9.17, 15) is 9.59 Å². The summed E-state index contributed by atoms with van der Waals surface area (Å²) in [5.41, 5.74) is 2.47. The van der Waals surface area contributed by atoms with Crippen molar-refractivity contribution in [1.82, 2.24) is 20.6 Å². The molecule has 1 atom stereocenters. The normalized spacial score (nSPS) is 12.1. The summed E-state index contributed by atoms with van der Waals surface area (Å²) in [7, 11) is 0. The predicted octanol–water partition coefficient (Wildman–Crippen LogP) is 3.59. The van der Waals surface area contributed by atoms with Crippen LogP contribution in [-0.2, 0) is 4.79 Å². The van der Waals surface area contributed by atoms with E-state index in [-0.39, 0.29) is 23.8 Å². The van der Waals surface area contributed by atoms with Crippen LogP contribution in [0.3, 0.4) is 0 Å². The summed E-state index contributed by atoms with van der Waals surface area (Å²) in [6, 6.07) is 16.7. The maximum absolute atomic E-state index is 12.4. The Labute approximate surface area is 164 Å². The first-order valence-corrected chi connectivity index (χ1v) is 9.62. The zero-order valence-corrected chi connectivity index (χ0v) is 16.2. The number of hydrogen-bond donors (Lipinski definition) is 3. The highest BCUT2D eigenvalue weighted by Crippen LogP contribution is 2.22. The molecular formula is C22H26N4O2. The second kappa shape index (κ2) is 9.17. The number of para-hydroxylation sites is 2. The van der Waals surface area contributed by atoms with E-state index in [0.717, 1.165) is 16.9 Å². The average molecular weight is 378 g/mol. The van der Waals surface area contributed by atoms with E-state index >= 15 is 0 Å². The standard InChI is InChI=1S/C22H26N4O2/c1-15(2)20(21-24-17-11-6-7-12-18(17)25-21)26-19(27)13-8-14-23-22(28)16-9-4-3-5-10-16/h3-7,9-12,15,20H,8,13-14H2,1-2H3,(H,23,28)(H,24,25)(H,26,27)/t20-/m0/s1. The van der Waals surface area contributed by atoms with Gasteiger partial charge in [0.25, 0.3) is 5.91 Å². The molecule has 28 heavy (non-hydrogen) atoms. The van der Waals surface area contributed by atoms with Crippen molar-refractivity contribution in [2.45, 2.75) is 32.7 Å². The van der Waals surface area contributed by atoms with Crippen LogP contribution in [0.15, 0.2) is 54.6 Å². The van der Waals surface area contributed by atoms with Gasteiger partial charge in [-0.25, -0.2) is 4.98 Å². The molecule has 146 valence electrons. The molecule has 3 aromatic rings. The van der Waals surface area contributed by atoms with Crippen molar-refractivity contribution < 1.29 is 9.59 Å². The number of carbonyl (C=O) groups excluding carboxylic acids is 2. The van der Waals surface area contributed by atoms with Crippen LogP contribution in [0.2, 0.25) is 0 Å². The van der Waals surface area contributed by atoms with Crippen molar-refractivity contribution in [1.29, 1.82) is 0 Å². The smallest absolute Gasteiger partial charge is 0.251 e. The number of hydrogen-bond acceptors (Lipinski definition) is 3. The highest BCUT2D eigenvalue weighted by molar-refractivity contribution is 5.94. The quantitative estimate of drug-likeness (QED) is 0.524. The number of fused-ring (bicyclic) bond motifs is 1. The van der Waals surface area contributed by atoms with Crippen LogP contribution < -0.4 is 10.6 Å². The Morgan fingerprint density at radius 3 is 2.46 bits per heavy atom. The van der Waals surface area contributed by atoms with Gasteiger partial charge in [0.1, 0.15) is 5.82 Å². The molecule has 1 heterocycles. The molecular weight excluding hydrogens is 352 g/mol. The number of H-pyrrole nitrogens is 1. The second-order valence-corrected chi connectivity index (χ2v) is 7.15. The number of imidazole rings is 1. The van der Waals surface area contributed by atoms with Crippen LogP contribution in [0.25, 0.3) is 11.0 Å². The van der Waals surface area contributed by atoms with Crippen LogP contribution in [0.1, 0.15) is 48.9 Å². The molecule has 3 N–H and O–H groups in total. The number of nitrogens with zero attached hydrogens (tertiary/aromatic N) is 1. The molecule has 0 bridgehead atoms. The Bertz CT molecular complexity index is 901. The molecule has 3 rings (SSSR count). The number of nitrogens with one attached hydrogen (secondary N) is 3. The van der Waals surface area contributed by atoms with Crippen molar-refractivity contribution in [3.8, 4) is 0 Å². The SMILES string of the molecule is CC(C)[C@H](NC(=O)CCCNC(=O)c1ccccc1)c1nc2ccccc2[nH]1. The molecule has 1 aromatic heterocycles. The van der Waals surface area contributed by atoms with E-state index < -0.39 is 0 Å². The molecule has 0 saturated carbocycles. The van der Waals surface area contributed by atoms with Gasteiger partial charge in [-0.05, 0) is 36.6 Å². The third-order valence-electron chi connectivity index (χ3n) is 4.59. The van der Waals surface area contributed by atoms with Gasteiger partial charge < -0.3 is 15.6 Å². The Morgan fingerprint density at radius 1 is 1.04 bits per heavy atom. The van der Waals surface area contributed by atoms with E-state index in [2.05, 4.69) is 34.4 Å². The van der Waals surface area contributed by atoms with Gasteiger partial charge in [-0.2, -0.15) is 0 Å². The number of amides is 2. The van der Waals surface area contributed by atoms with E-state index in [1.165, 1.54) is 0 Å². The Hall–Kier alpha value is -3.15. The first-order valence-electron chi connectivity index (χ1n) is 9.62. The lowest BCUT2D eigenvalue weighted by Gasteiger charge is -2.20. The third kappa shape index (κ3) is 4.97. The molecule has 0 radical (unpaired) electrons. The minimum Gasteiger partial charge on any atom is -0.352 e. The molecule has 2 amide bonds. The minimum absolute atomic E-state index is 0.0480. The number of benzene rings is 2. The van der Waals surface area contributed by atoms with Crippen molar-refractivity contribution in [3.05, 3.63) is 66.0 Å². The Kier molecular flexibility index (Phi) is 6.42. The zero-order valence-electron chi connectivity index (χ0n) is 16.2. The molecule has 6 nitrogen and oxygen atoms in total. The Morgan fingerprint density at radius 2 is 1.75 bits per heavy atom. The minimum atomic E-state index is -0.182. The molecule has 0 spiro atoms. The van der Waals surface area contributed by atoms with E-state index in [1.54, 1.807) is 12.1 Å². The van der Waals surface area contributed by atoms with E-state index in [0.29, 0.717) is 24.9 Å². The van der Waals surface area contributed by atoms with Gasteiger partial charge in [0.05, 0.1) is 17.1 Å². The lowest BCUT2D eigenvalue weighted by atomic mass is 10.0. The van der Waals surface area contributed by atoms with E-state index in [1.807, 2.05) is 42.5 Å². The molecule has 0 aliphatic heterocycles. The number of carbonyl (C=O) groups is 2. The fraction of sp³-hybridized carbons (Fsp3) is 0.318. The molecule has 0 saturated heterocycles. The lowest BCUT2D eigenvalue weighted by molar-refractivity contribution is -0.122. The number of aromatic nitrogens is 2. The van der Waals surface area contributed by atoms with E-state index in [4.69, 9.17) is 0 Å². The first kappa shape index (κ1) is 19.6. The molecule has 6 heteroatoms. The molecule has 0 fully saturated rings. The van der Waals surface area contributed by atoms with Crippen LogP contribution in [0.5, 0.6) is 0 Å². The van der Waals surface area contributed by atoms with Crippen molar-refractivity contribution in [3.63, 3.8) is 0 Å². The monoisotopic (exact) mass is 378 g/mol. The fourth-order valence-electron chi connectivity index (χ4n) is 3.06. The third-order valence-corrected chi connectivity index (χ3v) is 4.59. The van der Waals surface area contributed by atoms with Gasteiger partial charge in [0.15, 0.2) is 0 Å².